The van der Waals surface area contributed by atoms with E-state index in [1.54, 1.807) is 47.7 Å². The molecule has 2 amide bonds. The predicted molar refractivity (Wildman–Crippen MR) is 102 cm³/mol. The Bertz CT molecular complexity index is 903. The molecule has 26 heavy (non-hydrogen) atoms. The highest BCUT2D eigenvalue weighted by molar-refractivity contribution is 7.14. The Kier molecular flexibility index (Phi) is 4.58. The number of carbonyl (C=O) groups excluding carboxylic acids is 2. The largest absolute Gasteiger partial charge is 0.459 e. The highest BCUT2D eigenvalue weighted by atomic mass is 32.1. The van der Waals surface area contributed by atoms with Gasteiger partial charge in [0.25, 0.3) is 11.8 Å². The summed E-state index contributed by atoms with van der Waals surface area (Å²) in [4.78, 5) is 26.5. The number of hydrogen-bond acceptors (Lipinski definition) is 4. The lowest BCUT2D eigenvalue weighted by molar-refractivity contribution is 0.0994. The number of amides is 2. The first kappa shape index (κ1) is 16.6. The van der Waals surface area contributed by atoms with Crippen LogP contribution in [0.3, 0.4) is 0 Å². The minimum atomic E-state index is -0.309. The summed E-state index contributed by atoms with van der Waals surface area (Å²) >= 11 is 1.59. The van der Waals surface area contributed by atoms with E-state index in [4.69, 9.17) is 4.42 Å². The van der Waals surface area contributed by atoms with E-state index in [9.17, 15) is 9.59 Å². The van der Waals surface area contributed by atoms with Gasteiger partial charge in [-0.1, -0.05) is 0 Å². The molecule has 0 atom stereocenters. The zero-order chi connectivity index (χ0) is 17.9. The highest BCUT2D eigenvalue weighted by Gasteiger charge is 2.17. The van der Waals surface area contributed by atoms with Crippen molar-refractivity contribution in [1.29, 1.82) is 0 Å². The van der Waals surface area contributed by atoms with E-state index in [2.05, 4.69) is 10.6 Å². The number of fused-ring (bicyclic) bond motifs is 1. The van der Waals surface area contributed by atoms with Crippen molar-refractivity contribution in [2.75, 3.05) is 10.6 Å². The van der Waals surface area contributed by atoms with Gasteiger partial charge in [-0.25, -0.2) is 0 Å². The summed E-state index contributed by atoms with van der Waals surface area (Å²) in [7, 11) is 0. The number of nitrogens with one attached hydrogen (secondary N) is 2. The van der Waals surface area contributed by atoms with Gasteiger partial charge in [-0.2, -0.15) is 0 Å². The number of aryl methyl sites for hydroxylation is 2. The van der Waals surface area contributed by atoms with Gasteiger partial charge in [0.15, 0.2) is 5.76 Å². The van der Waals surface area contributed by atoms with Gasteiger partial charge in [0.05, 0.1) is 11.1 Å². The molecule has 0 bridgehead atoms. The lowest BCUT2D eigenvalue weighted by Gasteiger charge is -2.08. The van der Waals surface area contributed by atoms with E-state index in [0.717, 1.165) is 17.7 Å². The molecule has 0 saturated heterocycles. The van der Waals surface area contributed by atoms with Crippen LogP contribution in [0.2, 0.25) is 0 Å². The van der Waals surface area contributed by atoms with Gasteiger partial charge < -0.3 is 15.1 Å². The molecule has 0 unspecified atom stereocenters. The number of carbonyl (C=O) groups is 2. The van der Waals surface area contributed by atoms with Crippen molar-refractivity contribution < 1.29 is 14.0 Å². The van der Waals surface area contributed by atoms with Gasteiger partial charge >= 0.3 is 0 Å². The average molecular weight is 366 g/mol. The minimum Gasteiger partial charge on any atom is -0.459 e. The van der Waals surface area contributed by atoms with E-state index in [1.165, 1.54) is 29.5 Å². The number of benzene rings is 1. The smallest absolute Gasteiger partial charge is 0.291 e. The van der Waals surface area contributed by atoms with Crippen molar-refractivity contribution in [3.05, 3.63) is 69.8 Å². The molecule has 132 valence electrons. The maximum absolute atomic E-state index is 12.5. The van der Waals surface area contributed by atoms with Gasteiger partial charge in [0.2, 0.25) is 0 Å². The maximum Gasteiger partial charge on any atom is 0.291 e. The number of rotatable bonds is 4. The summed E-state index contributed by atoms with van der Waals surface area (Å²) in [6.45, 7) is 0. The zero-order valence-electron chi connectivity index (χ0n) is 14.1. The Morgan fingerprint density at radius 3 is 2.27 bits per heavy atom. The lowest BCUT2D eigenvalue weighted by atomic mass is 9.99. The Morgan fingerprint density at radius 2 is 1.62 bits per heavy atom. The van der Waals surface area contributed by atoms with Crippen LogP contribution < -0.4 is 10.6 Å². The SMILES string of the molecule is O=C(Nc1ccc(NC(=O)c2cc3c(s2)CCCC3)cc1)c1ccco1. The molecule has 1 aliphatic rings. The summed E-state index contributed by atoms with van der Waals surface area (Å²) in [5.41, 5.74) is 2.65. The molecule has 5 nitrogen and oxygen atoms in total. The van der Waals surface area contributed by atoms with E-state index >= 15 is 0 Å². The van der Waals surface area contributed by atoms with Crippen molar-refractivity contribution in [1.82, 2.24) is 0 Å². The van der Waals surface area contributed by atoms with Gasteiger partial charge in [-0.15, -0.1) is 11.3 Å². The minimum absolute atomic E-state index is 0.0863. The number of anilines is 2. The van der Waals surface area contributed by atoms with Crippen LogP contribution in [0.5, 0.6) is 0 Å². The van der Waals surface area contributed by atoms with Crippen LogP contribution in [-0.2, 0) is 12.8 Å². The monoisotopic (exact) mass is 366 g/mol. The fourth-order valence-corrected chi connectivity index (χ4v) is 4.18. The van der Waals surface area contributed by atoms with Crippen molar-refractivity contribution in [3.8, 4) is 0 Å². The van der Waals surface area contributed by atoms with Gasteiger partial charge in [-0.3, -0.25) is 9.59 Å². The van der Waals surface area contributed by atoms with E-state index in [-0.39, 0.29) is 17.6 Å². The maximum atomic E-state index is 12.5. The summed E-state index contributed by atoms with van der Waals surface area (Å²) < 4.78 is 5.06. The molecule has 0 fully saturated rings. The molecule has 1 aliphatic carbocycles. The third kappa shape index (κ3) is 3.55. The second-order valence-electron chi connectivity index (χ2n) is 6.23. The van der Waals surface area contributed by atoms with Crippen LogP contribution in [0.25, 0.3) is 0 Å². The van der Waals surface area contributed by atoms with Crippen LogP contribution in [-0.4, -0.2) is 11.8 Å². The quantitative estimate of drug-likeness (QED) is 0.701. The van der Waals surface area contributed by atoms with E-state index in [0.29, 0.717) is 11.4 Å². The van der Waals surface area contributed by atoms with Crippen molar-refractivity contribution in [2.24, 2.45) is 0 Å². The Hall–Kier alpha value is -2.86. The van der Waals surface area contributed by atoms with Crippen LogP contribution in [0.15, 0.2) is 53.1 Å². The van der Waals surface area contributed by atoms with Crippen LogP contribution in [0, 0.1) is 0 Å². The first-order chi connectivity index (χ1) is 12.7. The molecular weight excluding hydrogens is 348 g/mol. The highest BCUT2D eigenvalue weighted by Crippen LogP contribution is 2.30. The summed E-state index contributed by atoms with van der Waals surface area (Å²) in [5, 5.41) is 5.66. The van der Waals surface area contributed by atoms with Crippen molar-refractivity contribution in [3.63, 3.8) is 0 Å². The molecule has 2 aromatic heterocycles. The third-order valence-corrected chi connectivity index (χ3v) is 5.60. The molecular formula is C20H18N2O3S. The van der Waals surface area contributed by atoms with E-state index in [1.807, 2.05) is 6.07 Å². The van der Waals surface area contributed by atoms with Gasteiger partial charge in [0.1, 0.15) is 0 Å². The summed E-state index contributed by atoms with van der Waals surface area (Å²) in [5.74, 6) is -0.142. The predicted octanol–water partition coefficient (Wildman–Crippen LogP) is 4.72. The van der Waals surface area contributed by atoms with Crippen LogP contribution in [0.4, 0.5) is 11.4 Å². The molecule has 2 N–H and O–H groups in total. The normalized spacial score (nSPS) is 13.1. The molecule has 0 spiro atoms. The topological polar surface area (TPSA) is 71.3 Å². The second kappa shape index (κ2) is 7.17. The number of furan rings is 1. The first-order valence-corrected chi connectivity index (χ1v) is 9.38. The molecule has 2 heterocycles. The Balaban J connectivity index is 1.40. The van der Waals surface area contributed by atoms with Gasteiger partial charge in [-0.05, 0) is 73.7 Å². The molecule has 0 aliphatic heterocycles. The summed E-state index contributed by atoms with van der Waals surface area (Å²) in [6, 6.07) is 12.3. The number of thiophene rings is 1. The molecule has 4 rings (SSSR count). The molecule has 6 heteroatoms. The molecule has 0 radical (unpaired) electrons. The average Bonchev–Trinajstić information content (AvgIpc) is 3.33. The summed E-state index contributed by atoms with van der Waals surface area (Å²) in [6.07, 6.45) is 6.02. The molecule has 0 saturated carbocycles. The van der Waals surface area contributed by atoms with Crippen molar-refractivity contribution in [2.45, 2.75) is 25.7 Å². The van der Waals surface area contributed by atoms with Crippen LogP contribution >= 0.6 is 11.3 Å². The molecule has 3 aromatic rings. The van der Waals surface area contributed by atoms with E-state index < -0.39 is 0 Å². The van der Waals surface area contributed by atoms with Crippen molar-refractivity contribution >= 4 is 34.5 Å². The third-order valence-electron chi connectivity index (χ3n) is 4.37. The molecule has 1 aromatic carbocycles. The Labute approximate surface area is 155 Å². The van der Waals surface area contributed by atoms with Gasteiger partial charge in [0, 0.05) is 16.3 Å². The Morgan fingerprint density at radius 1 is 0.923 bits per heavy atom. The lowest BCUT2D eigenvalue weighted by Crippen LogP contribution is -2.12. The van der Waals surface area contributed by atoms with Crippen LogP contribution in [0.1, 0.15) is 43.5 Å². The standard InChI is InChI=1S/C20H18N2O3S/c23-19(16-5-3-11-25-16)21-14-7-9-15(10-8-14)22-20(24)18-12-13-4-1-2-6-17(13)26-18/h3,5,7-12H,1-2,4,6H2,(H,21,23)(H,22,24). The first-order valence-electron chi connectivity index (χ1n) is 8.57. The fraction of sp³-hybridized carbons (Fsp3) is 0.200. The zero-order valence-corrected chi connectivity index (χ0v) is 14.9. The number of hydrogen-bond donors (Lipinski definition) is 2. The second-order valence-corrected chi connectivity index (χ2v) is 7.37. The fourth-order valence-electron chi connectivity index (χ4n) is 3.03.